The molecule has 0 atom stereocenters. The van der Waals surface area contributed by atoms with Gasteiger partial charge in [-0.3, -0.25) is 4.68 Å². The van der Waals surface area contributed by atoms with Gasteiger partial charge >= 0.3 is 0 Å². The number of fused-ring (bicyclic) bond motifs is 2. The second-order valence-electron chi connectivity index (χ2n) is 6.37. The van der Waals surface area contributed by atoms with Gasteiger partial charge in [-0.05, 0) is 38.8 Å². The van der Waals surface area contributed by atoms with E-state index in [0.717, 1.165) is 30.8 Å². The van der Waals surface area contributed by atoms with Crippen molar-refractivity contribution in [3.63, 3.8) is 0 Å². The molecule has 2 aromatic heterocycles. The number of halogens is 1. The van der Waals surface area contributed by atoms with Crippen molar-refractivity contribution in [3.8, 4) is 11.4 Å². The van der Waals surface area contributed by atoms with E-state index in [1.165, 1.54) is 25.9 Å². The van der Waals surface area contributed by atoms with Gasteiger partial charge in [0, 0.05) is 12.7 Å². The maximum Gasteiger partial charge on any atom is 0.234 e. The van der Waals surface area contributed by atoms with Gasteiger partial charge in [0.05, 0.1) is 23.7 Å². The summed E-state index contributed by atoms with van der Waals surface area (Å²) < 4.78 is 19.5. The van der Waals surface area contributed by atoms with Gasteiger partial charge in [0.25, 0.3) is 0 Å². The molecule has 0 aliphatic carbocycles. The molecule has 4 rings (SSSR count). The van der Waals surface area contributed by atoms with Gasteiger partial charge in [-0.1, -0.05) is 5.16 Å². The first kappa shape index (κ1) is 13.9. The van der Waals surface area contributed by atoms with Crippen LogP contribution in [-0.4, -0.2) is 51.1 Å². The van der Waals surface area contributed by atoms with Crippen molar-refractivity contribution < 1.29 is 8.91 Å². The van der Waals surface area contributed by atoms with Gasteiger partial charge < -0.3 is 9.42 Å². The SMILES string of the molecule is FCCn1cc(-c2noc(C34CCCN(CCC3)C4)n2)cn1. The first-order valence-electron chi connectivity index (χ1n) is 7.94. The van der Waals surface area contributed by atoms with Crippen molar-refractivity contribution in [2.75, 3.05) is 26.3 Å². The summed E-state index contributed by atoms with van der Waals surface area (Å²) in [6, 6.07) is 0. The van der Waals surface area contributed by atoms with Crippen molar-refractivity contribution in [1.82, 2.24) is 24.8 Å². The number of nitrogens with zero attached hydrogens (tertiary/aromatic N) is 5. The number of hydrogen-bond donors (Lipinski definition) is 0. The van der Waals surface area contributed by atoms with Gasteiger partial charge in [-0.2, -0.15) is 10.1 Å². The van der Waals surface area contributed by atoms with Gasteiger partial charge in [-0.25, -0.2) is 4.39 Å². The normalized spacial score (nSPS) is 28.0. The van der Waals surface area contributed by atoms with E-state index in [4.69, 9.17) is 4.52 Å². The third kappa shape index (κ3) is 2.33. The summed E-state index contributed by atoms with van der Waals surface area (Å²) in [4.78, 5) is 7.13. The van der Waals surface area contributed by atoms with Crippen molar-refractivity contribution in [3.05, 3.63) is 18.3 Å². The minimum Gasteiger partial charge on any atom is -0.338 e. The Hall–Kier alpha value is -1.76. The zero-order chi connectivity index (χ0) is 15.0. The zero-order valence-electron chi connectivity index (χ0n) is 12.5. The minimum absolute atomic E-state index is 0.0245. The van der Waals surface area contributed by atoms with Crippen molar-refractivity contribution in [1.29, 1.82) is 0 Å². The number of rotatable bonds is 4. The molecule has 0 amide bonds. The summed E-state index contributed by atoms with van der Waals surface area (Å²) >= 11 is 0. The molecule has 7 heteroatoms. The first-order valence-corrected chi connectivity index (χ1v) is 7.94. The average Bonchev–Trinajstić information content (AvgIpc) is 3.16. The topological polar surface area (TPSA) is 60.0 Å². The predicted molar refractivity (Wildman–Crippen MR) is 78.1 cm³/mol. The van der Waals surface area contributed by atoms with E-state index in [0.29, 0.717) is 5.82 Å². The van der Waals surface area contributed by atoms with Crippen molar-refractivity contribution in [2.24, 2.45) is 0 Å². The fraction of sp³-hybridized carbons (Fsp3) is 0.667. The second kappa shape index (κ2) is 5.46. The van der Waals surface area contributed by atoms with Crippen LogP contribution < -0.4 is 0 Å². The quantitative estimate of drug-likeness (QED) is 0.865. The van der Waals surface area contributed by atoms with Crippen LogP contribution in [0.2, 0.25) is 0 Å². The van der Waals surface area contributed by atoms with Crippen LogP contribution >= 0.6 is 0 Å². The van der Waals surface area contributed by atoms with Crippen LogP contribution in [0.15, 0.2) is 16.9 Å². The highest BCUT2D eigenvalue weighted by atomic mass is 19.1. The third-order valence-electron chi connectivity index (χ3n) is 4.87. The molecule has 2 aromatic rings. The number of piperidine rings is 2. The van der Waals surface area contributed by atoms with Crippen LogP contribution in [0.3, 0.4) is 0 Å². The lowest BCUT2D eigenvalue weighted by atomic mass is 9.73. The molecule has 2 aliphatic rings. The zero-order valence-corrected chi connectivity index (χ0v) is 12.5. The van der Waals surface area contributed by atoms with Crippen LogP contribution in [-0.2, 0) is 12.0 Å². The molecule has 0 radical (unpaired) electrons. The van der Waals surface area contributed by atoms with Crippen LogP contribution in [0.1, 0.15) is 31.6 Å². The van der Waals surface area contributed by atoms with Gasteiger partial charge in [0.1, 0.15) is 6.67 Å². The highest BCUT2D eigenvalue weighted by Gasteiger charge is 2.44. The second-order valence-corrected chi connectivity index (χ2v) is 6.37. The number of aromatic nitrogens is 4. The standard InChI is InChI=1S/C15H20FN5O/c16-5-8-21-10-12(9-17-21)13-18-14(22-19-13)15-3-1-6-20(11-15)7-2-4-15/h9-10H,1-8,11H2. The monoisotopic (exact) mass is 305 g/mol. The van der Waals surface area contributed by atoms with E-state index in [-0.39, 0.29) is 12.0 Å². The Kier molecular flexibility index (Phi) is 3.44. The Morgan fingerprint density at radius 1 is 1.27 bits per heavy atom. The van der Waals surface area contributed by atoms with Gasteiger partial charge in [0.2, 0.25) is 11.7 Å². The van der Waals surface area contributed by atoms with E-state index >= 15 is 0 Å². The molecule has 2 saturated heterocycles. The van der Waals surface area contributed by atoms with Crippen molar-refractivity contribution in [2.45, 2.75) is 37.6 Å². The molecule has 0 saturated carbocycles. The van der Waals surface area contributed by atoms with Crippen LogP contribution in [0.25, 0.3) is 11.4 Å². The predicted octanol–water partition coefficient (Wildman–Crippen LogP) is 2.03. The van der Waals surface area contributed by atoms with Gasteiger partial charge in [-0.15, -0.1) is 0 Å². The Morgan fingerprint density at radius 2 is 2.09 bits per heavy atom. The molecule has 4 heterocycles. The molecule has 2 bridgehead atoms. The number of aryl methyl sites for hydroxylation is 1. The summed E-state index contributed by atoms with van der Waals surface area (Å²) in [5.74, 6) is 1.31. The molecular weight excluding hydrogens is 285 g/mol. The molecule has 0 aromatic carbocycles. The molecule has 2 fully saturated rings. The molecular formula is C15H20FN5O. The summed E-state index contributed by atoms with van der Waals surface area (Å²) in [7, 11) is 0. The van der Waals surface area contributed by atoms with E-state index in [1.807, 2.05) is 0 Å². The lowest BCUT2D eigenvalue weighted by Gasteiger charge is -2.44. The summed E-state index contributed by atoms with van der Waals surface area (Å²) in [6.07, 6.45) is 8.03. The highest BCUT2D eigenvalue weighted by molar-refractivity contribution is 5.51. The maximum absolute atomic E-state index is 12.4. The third-order valence-corrected chi connectivity index (χ3v) is 4.87. The fourth-order valence-corrected chi connectivity index (χ4v) is 3.79. The van der Waals surface area contributed by atoms with E-state index in [1.54, 1.807) is 17.1 Å². The smallest absolute Gasteiger partial charge is 0.234 e. The molecule has 2 aliphatic heterocycles. The first-order chi connectivity index (χ1) is 10.8. The molecule has 0 N–H and O–H groups in total. The number of alkyl halides is 1. The summed E-state index contributed by atoms with van der Waals surface area (Å²) in [6.45, 7) is 3.20. The largest absolute Gasteiger partial charge is 0.338 e. The summed E-state index contributed by atoms with van der Waals surface area (Å²) in [5.41, 5.74) is 0.805. The molecule has 0 unspecified atom stereocenters. The van der Waals surface area contributed by atoms with E-state index < -0.39 is 6.67 Å². The maximum atomic E-state index is 12.4. The lowest BCUT2D eigenvalue weighted by molar-refractivity contribution is 0.0711. The Bertz CT molecular complexity index is 642. The van der Waals surface area contributed by atoms with Gasteiger partial charge in [0.15, 0.2) is 0 Å². The number of hydrogen-bond acceptors (Lipinski definition) is 5. The molecule has 118 valence electrons. The fourth-order valence-electron chi connectivity index (χ4n) is 3.79. The highest BCUT2D eigenvalue weighted by Crippen LogP contribution is 2.40. The Morgan fingerprint density at radius 3 is 2.86 bits per heavy atom. The average molecular weight is 305 g/mol. The lowest BCUT2D eigenvalue weighted by Crippen LogP contribution is -2.50. The Labute approximate surface area is 128 Å². The Balaban J connectivity index is 1.60. The van der Waals surface area contributed by atoms with E-state index in [2.05, 4.69) is 20.1 Å². The molecule has 0 spiro atoms. The van der Waals surface area contributed by atoms with E-state index in [9.17, 15) is 4.39 Å². The molecule has 22 heavy (non-hydrogen) atoms. The molecule has 6 nitrogen and oxygen atoms in total. The summed E-state index contributed by atoms with van der Waals surface area (Å²) in [5, 5.41) is 8.24. The van der Waals surface area contributed by atoms with Crippen molar-refractivity contribution >= 4 is 0 Å². The van der Waals surface area contributed by atoms with Crippen LogP contribution in [0, 0.1) is 0 Å². The van der Waals surface area contributed by atoms with Crippen LogP contribution in [0.5, 0.6) is 0 Å². The van der Waals surface area contributed by atoms with Crippen LogP contribution in [0.4, 0.5) is 4.39 Å². The minimum atomic E-state index is -0.433.